The van der Waals surface area contributed by atoms with Gasteiger partial charge >= 0.3 is 11.9 Å². The minimum Gasteiger partial charge on any atom is -0.463 e. The Hall–Kier alpha value is -1.11. The number of halogens is 1. The van der Waals surface area contributed by atoms with Gasteiger partial charge in [-0.1, -0.05) is 19.8 Å². The van der Waals surface area contributed by atoms with Gasteiger partial charge in [-0.25, -0.2) is 9.59 Å². The van der Waals surface area contributed by atoms with Crippen molar-refractivity contribution in [3.63, 3.8) is 0 Å². The fraction of sp³-hybridized carbons (Fsp3) is 0.733. The number of carbonyl (C=O) groups excluding carboxylic acids is 2. The van der Waals surface area contributed by atoms with Crippen LogP contribution in [-0.4, -0.2) is 62.9 Å². The largest absolute Gasteiger partial charge is 0.463 e. The fourth-order valence-electron chi connectivity index (χ4n) is 1.86. The zero-order chi connectivity index (χ0) is 15.3. The molecule has 1 aliphatic heterocycles. The molecule has 0 atom stereocenters. The third-order valence-electron chi connectivity index (χ3n) is 3.10. The van der Waals surface area contributed by atoms with E-state index in [1.807, 2.05) is 0 Å². The zero-order valence-corrected chi connectivity index (χ0v) is 13.9. The van der Waals surface area contributed by atoms with Crippen LogP contribution in [0.15, 0.2) is 12.2 Å². The van der Waals surface area contributed by atoms with Crippen LogP contribution in [0.25, 0.3) is 0 Å². The molecule has 0 aromatic rings. The second-order valence-electron chi connectivity index (χ2n) is 4.83. The van der Waals surface area contributed by atoms with E-state index in [9.17, 15) is 9.59 Å². The number of rotatable bonds is 9. The monoisotopic (exact) mass is 335 g/mol. The molecule has 1 heterocycles. The van der Waals surface area contributed by atoms with Gasteiger partial charge in [0.2, 0.25) is 0 Å². The Kier molecular flexibility index (Phi) is 12.9. The van der Waals surface area contributed by atoms with Crippen LogP contribution in [0.2, 0.25) is 0 Å². The number of esters is 2. The minimum atomic E-state index is -0.520. The average molecular weight is 336 g/mol. The van der Waals surface area contributed by atoms with Crippen molar-refractivity contribution in [2.24, 2.45) is 0 Å². The van der Waals surface area contributed by atoms with E-state index in [-0.39, 0.29) is 12.4 Å². The van der Waals surface area contributed by atoms with Crippen molar-refractivity contribution in [2.45, 2.75) is 26.2 Å². The smallest absolute Gasteiger partial charge is 0.331 e. The Labute approximate surface area is 138 Å². The summed E-state index contributed by atoms with van der Waals surface area (Å²) in [6.07, 6.45) is 5.17. The van der Waals surface area contributed by atoms with Crippen LogP contribution in [0.1, 0.15) is 26.2 Å². The Morgan fingerprint density at radius 3 is 2.23 bits per heavy atom. The summed E-state index contributed by atoms with van der Waals surface area (Å²) in [6.45, 7) is 6.63. The van der Waals surface area contributed by atoms with E-state index in [1.165, 1.54) is 0 Å². The molecule has 0 amide bonds. The molecule has 0 aliphatic carbocycles. The molecule has 0 bridgehead atoms. The standard InChI is InChI=1S/C15H25NO5.ClH/c1-2-3-4-10-20-14(17)5-6-15(18)21-13-9-16-7-11-19-12-8-16;/h5-6H,2-4,7-13H2,1H3;1H/b6-5+;. The van der Waals surface area contributed by atoms with E-state index in [1.54, 1.807) is 0 Å². The Bertz CT molecular complexity index is 343. The van der Waals surface area contributed by atoms with E-state index in [0.29, 0.717) is 19.8 Å². The van der Waals surface area contributed by atoms with Crippen LogP contribution in [0, 0.1) is 0 Å². The molecule has 0 N–H and O–H groups in total. The molecule has 0 aromatic heterocycles. The van der Waals surface area contributed by atoms with E-state index < -0.39 is 11.9 Å². The number of nitrogens with zero attached hydrogens (tertiary/aromatic N) is 1. The maximum atomic E-state index is 11.4. The average Bonchev–Trinajstić information content (AvgIpc) is 2.50. The highest BCUT2D eigenvalue weighted by Gasteiger charge is 2.10. The molecule has 7 heteroatoms. The minimum absolute atomic E-state index is 0. The van der Waals surface area contributed by atoms with Crippen molar-refractivity contribution in [1.82, 2.24) is 4.90 Å². The first kappa shape index (κ1) is 20.9. The van der Waals surface area contributed by atoms with E-state index in [4.69, 9.17) is 14.2 Å². The molecule has 1 fully saturated rings. The molecule has 0 saturated carbocycles. The van der Waals surface area contributed by atoms with Crippen molar-refractivity contribution in [1.29, 1.82) is 0 Å². The van der Waals surface area contributed by atoms with Gasteiger partial charge in [0.15, 0.2) is 0 Å². The van der Waals surface area contributed by atoms with E-state index >= 15 is 0 Å². The molecule has 0 radical (unpaired) electrons. The first-order valence-electron chi connectivity index (χ1n) is 7.54. The fourth-order valence-corrected chi connectivity index (χ4v) is 1.86. The van der Waals surface area contributed by atoms with E-state index in [0.717, 1.165) is 57.7 Å². The highest BCUT2D eigenvalue weighted by atomic mass is 35.5. The number of unbranched alkanes of at least 4 members (excludes halogenated alkanes) is 2. The maximum absolute atomic E-state index is 11.4. The first-order valence-corrected chi connectivity index (χ1v) is 7.54. The maximum Gasteiger partial charge on any atom is 0.331 e. The van der Waals surface area contributed by atoms with Crippen LogP contribution in [0.4, 0.5) is 0 Å². The van der Waals surface area contributed by atoms with Crippen molar-refractivity contribution in [3.8, 4) is 0 Å². The summed E-state index contributed by atoms with van der Waals surface area (Å²) in [7, 11) is 0. The van der Waals surface area contributed by atoms with Gasteiger partial charge in [-0.3, -0.25) is 4.90 Å². The van der Waals surface area contributed by atoms with Crippen LogP contribution in [0.3, 0.4) is 0 Å². The van der Waals surface area contributed by atoms with Crippen LogP contribution < -0.4 is 0 Å². The molecule has 22 heavy (non-hydrogen) atoms. The Balaban J connectivity index is 0.00000441. The van der Waals surface area contributed by atoms with Crippen LogP contribution >= 0.6 is 12.4 Å². The lowest BCUT2D eigenvalue weighted by atomic mass is 10.3. The molecular formula is C15H26ClNO5. The summed E-state index contributed by atoms with van der Waals surface area (Å²) in [4.78, 5) is 24.9. The Morgan fingerprint density at radius 1 is 1.05 bits per heavy atom. The molecular weight excluding hydrogens is 310 g/mol. The van der Waals surface area contributed by atoms with Gasteiger partial charge in [-0.15, -0.1) is 12.4 Å². The molecule has 128 valence electrons. The molecule has 1 saturated heterocycles. The van der Waals surface area contributed by atoms with Gasteiger partial charge in [0, 0.05) is 31.8 Å². The van der Waals surface area contributed by atoms with Gasteiger partial charge in [0.05, 0.1) is 19.8 Å². The molecule has 6 nitrogen and oxygen atoms in total. The van der Waals surface area contributed by atoms with Crippen LogP contribution in [0.5, 0.6) is 0 Å². The number of carbonyl (C=O) groups is 2. The predicted octanol–water partition coefficient (Wildman–Crippen LogP) is 1.57. The summed E-state index contributed by atoms with van der Waals surface area (Å²) in [6, 6.07) is 0. The van der Waals surface area contributed by atoms with Crippen molar-refractivity contribution in [2.75, 3.05) is 46.1 Å². The third-order valence-corrected chi connectivity index (χ3v) is 3.10. The van der Waals surface area contributed by atoms with Crippen molar-refractivity contribution < 1.29 is 23.8 Å². The van der Waals surface area contributed by atoms with Gasteiger partial charge in [-0.2, -0.15) is 0 Å². The number of hydrogen-bond acceptors (Lipinski definition) is 6. The lowest BCUT2D eigenvalue weighted by Crippen LogP contribution is -2.38. The third kappa shape index (κ3) is 10.6. The number of ether oxygens (including phenoxy) is 3. The summed E-state index contributed by atoms with van der Waals surface area (Å²) in [5, 5.41) is 0. The second-order valence-corrected chi connectivity index (χ2v) is 4.83. The lowest BCUT2D eigenvalue weighted by molar-refractivity contribution is -0.140. The SMILES string of the molecule is CCCCCOC(=O)/C=C/C(=O)OCCN1CCOCC1.Cl. The number of morpholine rings is 1. The topological polar surface area (TPSA) is 65.1 Å². The molecule has 0 spiro atoms. The lowest BCUT2D eigenvalue weighted by Gasteiger charge is -2.25. The summed E-state index contributed by atoms with van der Waals surface area (Å²) in [5.74, 6) is -1.02. The predicted molar refractivity (Wildman–Crippen MR) is 85.1 cm³/mol. The highest BCUT2D eigenvalue weighted by molar-refractivity contribution is 5.91. The summed E-state index contributed by atoms with van der Waals surface area (Å²) < 4.78 is 15.2. The van der Waals surface area contributed by atoms with Gasteiger partial charge in [0.1, 0.15) is 6.61 Å². The quantitative estimate of drug-likeness (QED) is 0.362. The zero-order valence-electron chi connectivity index (χ0n) is 13.1. The molecule has 0 unspecified atom stereocenters. The summed E-state index contributed by atoms with van der Waals surface area (Å²) in [5.41, 5.74) is 0. The molecule has 1 rings (SSSR count). The Morgan fingerprint density at radius 2 is 1.64 bits per heavy atom. The molecule has 0 aromatic carbocycles. The number of hydrogen-bond donors (Lipinski definition) is 0. The van der Waals surface area contributed by atoms with E-state index in [2.05, 4.69) is 11.8 Å². The van der Waals surface area contributed by atoms with Gasteiger partial charge in [-0.05, 0) is 6.42 Å². The van der Waals surface area contributed by atoms with Gasteiger partial charge < -0.3 is 14.2 Å². The van der Waals surface area contributed by atoms with Gasteiger partial charge in [0.25, 0.3) is 0 Å². The van der Waals surface area contributed by atoms with Crippen molar-refractivity contribution >= 4 is 24.3 Å². The second kappa shape index (κ2) is 13.5. The first-order chi connectivity index (χ1) is 10.2. The molecule has 1 aliphatic rings. The van der Waals surface area contributed by atoms with Crippen LogP contribution in [-0.2, 0) is 23.8 Å². The summed E-state index contributed by atoms with van der Waals surface area (Å²) >= 11 is 0. The normalized spacial score (nSPS) is 15.3. The highest BCUT2D eigenvalue weighted by Crippen LogP contribution is 1.97. The van der Waals surface area contributed by atoms with Crippen molar-refractivity contribution in [3.05, 3.63) is 12.2 Å².